The first-order chi connectivity index (χ1) is 29.0. The smallest absolute Gasteiger partial charge is 0.330 e. The van der Waals surface area contributed by atoms with E-state index in [0.717, 1.165) is 77.3 Å². The maximum absolute atomic E-state index is 13.4. The third kappa shape index (κ3) is 7.57. The minimum absolute atomic E-state index is 0.0401. The van der Waals surface area contributed by atoms with Crippen LogP contribution in [0.3, 0.4) is 0 Å². The minimum Gasteiger partial charge on any atom is -0.463 e. The summed E-state index contributed by atoms with van der Waals surface area (Å²) in [5.74, 6) is 2.11. The van der Waals surface area contributed by atoms with Gasteiger partial charge in [-0.25, -0.2) is 31.9 Å². The summed E-state index contributed by atoms with van der Waals surface area (Å²) in [5.41, 5.74) is 7.18. The van der Waals surface area contributed by atoms with E-state index in [0.29, 0.717) is 42.4 Å². The average molecular weight is 833 g/mol. The van der Waals surface area contributed by atoms with E-state index >= 15 is 0 Å². The Morgan fingerprint density at radius 2 is 1.28 bits per heavy atom. The van der Waals surface area contributed by atoms with E-state index in [9.17, 15) is 18.0 Å². The lowest BCUT2D eigenvalue weighted by atomic mass is 9.93. The number of ether oxygens (including phenoxy) is 2. The van der Waals surface area contributed by atoms with Crippen LogP contribution >= 0.6 is 0 Å². The SMILES string of the molecule is CCOC(=O)C=C1CC(CC)C(c2nnc3cnc4[nH]ccc4n23)C1.CCOC(=O)C=C1CC(CC)C(c2nnc3cnc4c(ccn4S(=O)(=O)c4ccc(C)cc4)n23)C1. The van der Waals surface area contributed by atoms with Crippen LogP contribution in [0, 0.1) is 18.8 Å². The quantitative estimate of drug-likeness (QED) is 0.110. The maximum atomic E-state index is 13.4. The van der Waals surface area contributed by atoms with Gasteiger partial charge in [-0.3, -0.25) is 8.80 Å². The van der Waals surface area contributed by atoms with E-state index in [1.807, 2.05) is 30.5 Å². The number of aromatic amines is 1. The molecular weight excluding hydrogens is 785 g/mol. The number of aryl methyl sites for hydroxylation is 1. The largest absolute Gasteiger partial charge is 0.463 e. The number of nitrogens with one attached hydrogen (secondary N) is 1. The number of allylic oxidation sites excluding steroid dienone is 2. The highest BCUT2D eigenvalue weighted by Crippen LogP contribution is 2.45. The molecule has 312 valence electrons. The topological polar surface area (TPSA) is 194 Å². The molecule has 7 aromatic rings. The molecule has 2 aliphatic carbocycles. The zero-order valence-corrected chi connectivity index (χ0v) is 35.1. The van der Waals surface area contributed by atoms with Crippen LogP contribution in [0.2, 0.25) is 0 Å². The normalized spacial score (nSPS) is 20.8. The van der Waals surface area contributed by atoms with Crippen LogP contribution in [-0.2, 0) is 29.1 Å². The predicted octanol–water partition coefficient (Wildman–Crippen LogP) is 7.02. The van der Waals surface area contributed by atoms with Gasteiger partial charge in [0.25, 0.3) is 10.0 Å². The van der Waals surface area contributed by atoms with Crippen molar-refractivity contribution in [1.29, 1.82) is 0 Å². The van der Waals surface area contributed by atoms with Gasteiger partial charge in [0.2, 0.25) is 0 Å². The Kier molecular flexibility index (Phi) is 11.3. The fourth-order valence-electron chi connectivity index (χ4n) is 8.77. The molecule has 0 amide bonds. The number of benzene rings is 1. The molecule has 2 saturated carbocycles. The highest BCUT2D eigenvalue weighted by molar-refractivity contribution is 7.90. The van der Waals surface area contributed by atoms with Crippen molar-refractivity contribution < 1.29 is 27.5 Å². The lowest BCUT2D eigenvalue weighted by Crippen LogP contribution is -2.13. The molecule has 2 aliphatic rings. The van der Waals surface area contributed by atoms with Crippen LogP contribution in [0.4, 0.5) is 0 Å². The van der Waals surface area contributed by atoms with Crippen molar-refractivity contribution in [3.63, 3.8) is 0 Å². The molecule has 1 aromatic carbocycles. The van der Waals surface area contributed by atoms with Crippen LogP contribution in [0.5, 0.6) is 0 Å². The standard InChI is InChI=1S/C25H27N5O4S.C18H21N5O2/c1-4-18-12-17(14-23(31)34-5-2)13-20(18)24-28-27-22-15-26-25-21(30(22)24)10-11-29(25)35(32,33)19-8-6-16(3)7-9-19;1-3-12-7-11(9-16(24)25-4-2)8-13(12)18-22-21-15-10-20-17-14(23(15)18)5-6-19-17/h6-11,14-15,18,20H,4-5,12-13H2,1-3H3;5-6,9-10,12-13,19H,3-4,7-8H2,1-2H3. The van der Waals surface area contributed by atoms with Gasteiger partial charge >= 0.3 is 11.9 Å². The molecule has 4 atom stereocenters. The third-order valence-electron chi connectivity index (χ3n) is 11.7. The van der Waals surface area contributed by atoms with Crippen molar-refractivity contribution in [3.05, 3.63) is 102 Å². The highest BCUT2D eigenvalue weighted by atomic mass is 32.2. The Morgan fingerprint density at radius 3 is 1.83 bits per heavy atom. The van der Waals surface area contributed by atoms with Crippen LogP contribution in [0.1, 0.15) is 95.3 Å². The zero-order chi connectivity index (χ0) is 42.1. The summed E-state index contributed by atoms with van der Waals surface area (Å²) in [7, 11) is -3.83. The van der Waals surface area contributed by atoms with E-state index in [2.05, 4.69) is 53.6 Å². The molecule has 0 spiro atoms. The number of carbonyl (C=O) groups excluding carboxylic acids is 2. The van der Waals surface area contributed by atoms with E-state index in [1.165, 1.54) is 10.2 Å². The maximum Gasteiger partial charge on any atom is 0.330 e. The molecular formula is C43H48N10O6S. The van der Waals surface area contributed by atoms with Gasteiger partial charge < -0.3 is 14.5 Å². The molecule has 1 N–H and O–H groups in total. The van der Waals surface area contributed by atoms with Crippen LogP contribution < -0.4 is 0 Å². The number of fused-ring (bicyclic) bond motifs is 6. The lowest BCUT2D eigenvalue weighted by Gasteiger charge is -2.16. The summed E-state index contributed by atoms with van der Waals surface area (Å²) in [6.45, 7) is 10.6. The van der Waals surface area contributed by atoms with Crippen LogP contribution in [0.15, 0.2) is 89.4 Å². The second-order valence-electron chi connectivity index (χ2n) is 15.3. The number of nitrogens with zero attached hydrogens (tertiary/aromatic N) is 9. The first kappa shape index (κ1) is 40.5. The molecule has 60 heavy (non-hydrogen) atoms. The number of esters is 2. The Balaban J connectivity index is 0.000000176. The summed E-state index contributed by atoms with van der Waals surface area (Å²) in [4.78, 5) is 35.9. The second kappa shape index (κ2) is 16.8. The van der Waals surface area contributed by atoms with Crippen molar-refractivity contribution in [2.75, 3.05) is 13.2 Å². The van der Waals surface area contributed by atoms with Crippen molar-refractivity contribution in [3.8, 4) is 0 Å². The molecule has 4 unspecified atom stereocenters. The fourth-order valence-corrected chi connectivity index (χ4v) is 10.1. The van der Waals surface area contributed by atoms with Crippen LogP contribution in [-0.4, -0.2) is 81.7 Å². The van der Waals surface area contributed by atoms with Crippen molar-refractivity contribution in [1.82, 2.24) is 48.1 Å². The second-order valence-corrected chi connectivity index (χ2v) is 17.2. The molecule has 2 fully saturated rings. The van der Waals surface area contributed by atoms with Crippen LogP contribution in [0.25, 0.3) is 33.6 Å². The Labute approximate surface area is 346 Å². The van der Waals surface area contributed by atoms with E-state index in [-0.39, 0.29) is 34.6 Å². The first-order valence-electron chi connectivity index (χ1n) is 20.5. The summed E-state index contributed by atoms with van der Waals surface area (Å²) in [6.07, 6.45) is 15.0. The lowest BCUT2D eigenvalue weighted by molar-refractivity contribution is -0.138. The van der Waals surface area contributed by atoms with Gasteiger partial charge in [-0.05, 0) is 82.6 Å². The van der Waals surface area contributed by atoms with E-state index in [4.69, 9.17) is 9.47 Å². The van der Waals surface area contributed by atoms with Gasteiger partial charge in [0.05, 0.1) is 41.5 Å². The Hall–Kier alpha value is -6.23. The summed E-state index contributed by atoms with van der Waals surface area (Å²) >= 11 is 0. The fraction of sp³-hybridized carbons (Fsp3) is 0.395. The number of carbonyl (C=O) groups is 2. The van der Waals surface area contributed by atoms with E-state index in [1.54, 1.807) is 61.8 Å². The average Bonchev–Trinajstić information content (AvgIpc) is 4.09. The molecule has 17 heteroatoms. The molecule has 6 aromatic heterocycles. The summed E-state index contributed by atoms with van der Waals surface area (Å²) in [6, 6.07) is 10.5. The molecule has 0 saturated heterocycles. The van der Waals surface area contributed by atoms with Gasteiger partial charge in [0.1, 0.15) is 11.6 Å². The number of H-pyrrole nitrogens is 1. The van der Waals surface area contributed by atoms with Gasteiger partial charge in [0.15, 0.2) is 22.6 Å². The number of hydrogen-bond donors (Lipinski definition) is 1. The molecule has 9 rings (SSSR count). The molecule has 0 bridgehead atoms. The molecule has 0 aliphatic heterocycles. The molecule has 16 nitrogen and oxygen atoms in total. The van der Waals surface area contributed by atoms with Crippen molar-refractivity contribution >= 4 is 55.6 Å². The monoisotopic (exact) mass is 832 g/mol. The van der Waals surface area contributed by atoms with Crippen molar-refractivity contribution in [2.45, 2.75) is 89.9 Å². The number of hydrogen-bond acceptors (Lipinski definition) is 12. The zero-order valence-electron chi connectivity index (χ0n) is 34.3. The summed E-state index contributed by atoms with van der Waals surface area (Å²) < 4.78 is 42.0. The number of aromatic nitrogens is 10. The van der Waals surface area contributed by atoms with Gasteiger partial charge in [-0.2, -0.15) is 0 Å². The van der Waals surface area contributed by atoms with Gasteiger partial charge in [0, 0.05) is 36.4 Å². The van der Waals surface area contributed by atoms with Gasteiger partial charge in [-0.15, -0.1) is 20.4 Å². The molecule has 6 heterocycles. The summed E-state index contributed by atoms with van der Waals surface area (Å²) in [5, 5.41) is 17.6. The number of rotatable bonds is 10. The molecule has 0 radical (unpaired) electrons. The van der Waals surface area contributed by atoms with Gasteiger partial charge in [-0.1, -0.05) is 55.5 Å². The first-order valence-corrected chi connectivity index (χ1v) is 21.9. The minimum atomic E-state index is -3.83. The Morgan fingerprint density at radius 1 is 0.733 bits per heavy atom. The predicted molar refractivity (Wildman–Crippen MR) is 224 cm³/mol. The van der Waals surface area contributed by atoms with E-state index < -0.39 is 10.0 Å². The van der Waals surface area contributed by atoms with Crippen molar-refractivity contribution in [2.24, 2.45) is 11.8 Å². The Bertz CT molecular complexity index is 2890. The third-order valence-corrected chi connectivity index (χ3v) is 13.4. The highest BCUT2D eigenvalue weighted by Gasteiger charge is 2.36.